The van der Waals surface area contributed by atoms with Crippen LogP contribution in [0.5, 0.6) is 0 Å². The second-order valence-electron chi connectivity index (χ2n) is 5.29. The number of carbonyl (C=O) groups is 3. The molecule has 1 rings (SSSR count). The molecular weight excluding hydrogens is 407 g/mol. The third kappa shape index (κ3) is 7.77. The van der Waals surface area contributed by atoms with Gasteiger partial charge in [-0.3, -0.25) is 24.5 Å². The van der Waals surface area contributed by atoms with Gasteiger partial charge in [0, 0.05) is 16.4 Å². The first-order valence-electron chi connectivity index (χ1n) is 7.50. The number of hydrogen-bond acceptors (Lipinski definition) is 7. The molecule has 0 saturated carbocycles. The number of alkyl halides is 2. The van der Waals surface area contributed by atoms with Gasteiger partial charge >= 0.3 is 11.9 Å². The van der Waals surface area contributed by atoms with Crippen LogP contribution in [-0.4, -0.2) is 50.5 Å². The Morgan fingerprint density at radius 2 is 1.81 bits per heavy atom. The van der Waals surface area contributed by atoms with Crippen molar-refractivity contribution in [3.05, 3.63) is 39.9 Å². The molecule has 1 amide bonds. The topological polar surface area (TPSA) is 156 Å². The SMILES string of the molecule is O=C(O)CCC(=O)OCC(NC(=O)C(Cl)Cl)[C@@H](O)c1ccc([N+](=O)[O-])cc1.[HH].[HH].[HH]. The lowest BCUT2D eigenvalue weighted by Crippen LogP contribution is -2.45. The second kappa shape index (κ2) is 10.7. The number of rotatable bonds is 10. The molecule has 0 spiro atoms. The number of carboxylic acid groups (broad SMARTS) is 1. The molecule has 27 heavy (non-hydrogen) atoms. The highest BCUT2D eigenvalue weighted by Crippen LogP contribution is 2.21. The van der Waals surface area contributed by atoms with Crippen molar-refractivity contribution in [1.29, 1.82) is 0 Å². The lowest BCUT2D eigenvalue weighted by Gasteiger charge is -2.24. The van der Waals surface area contributed by atoms with Crippen molar-refractivity contribution in [1.82, 2.24) is 5.32 Å². The van der Waals surface area contributed by atoms with Crippen LogP contribution in [0.2, 0.25) is 0 Å². The number of carbonyl (C=O) groups excluding carboxylic acids is 2. The molecule has 0 bridgehead atoms. The maximum Gasteiger partial charge on any atom is 0.306 e. The highest BCUT2D eigenvalue weighted by Gasteiger charge is 2.27. The van der Waals surface area contributed by atoms with E-state index in [1.54, 1.807) is 0 Å². The monoisotopic (exact) mass is 428 g/mol. The molecule has 0 aliphatic rings. The summed E-state index contributed by atoms with van der Waals surface area (Å²) in [5, 5.41) is 31.9. The number of nitro groups is 1. The van der Waals surface area contributed by atoms with Crippen LogP contribution in [-0.2, 0) is 19.1 Å². The second-order valence-corrected chi connectivity index (χ2v) is 6.38. The Morgan fingerprint density at radius 1 is 1.22 bits per heavy atom. The predicted molar refractivity (Wildman–Crippen MR) is 99.7 cm³/mol. The van der Waals surface area contributed by atoms with Crippen LogP contribution < -0.4 is 5.32 Å². The third-order valence-corrected chi connectivity index (χ3v) is 3.72. The Balaban J connectivity index is -0.00000243. The smallest absolute Gasteiger partial charge is 0.306 e. The minimum Gasteiger partial charge on any atom is -0.481 e. The number of carboxylic acids is 1. The van der Waals surface area contributed by atoms with E-state index < -0.39 is 59.2 Å². The van der Waals surface area contributed by atoms with E-state index >= 15 is 0 Å². The Bertz CT molecular complexity index is 710. The zero-order chi connectivity index (χ0) is 20.6. The van der Waals surface area contributed by atoms with Gasteiger partial charge in [0.05, 0.1) is 23.8 Å². The van der Waals surface area contributed by atoms with Gasteiger partial charge in [-0.05, 0) is 17.7 Å². The minimum atomic E-state index is -1.45. The molecule has 0 heterocycles. The molecule has 10 nitrogen and oxygen atoms in total. The molecule has 3 N–H and O–H groups in total. The summed E-state index contributed by atoms with van der Waals surface area (Å²) >= 11 is 10.9. The number of nitrogens with zero attached hydrogens (tertiary/aromatic N) is 1. The Kier molecular flexibility index (Phi) is 8.92. The van der Waals surface area contributed by atoms with Gasteiger partial charge in [-0.25, -0.2) is 0 Å². The molecule has 0 aliphatic heterocycles. The number of aliphatic hydroxyl groups excluding tert-OH is 1. The maximum atomic E-state index is 11.7. The van der Waals surface area contributed by atoms with E-state index in [9.17, 15) is 29.6 Å². The Labute approximate surface area is 167 Å². The van der Waals surface area contributed by atoms with E-state index in [2.05, 4.69) is 5.32 Å². The van der Waals surface area contributed by atoms with E-state index in [-0.39, 0.29) is 15.5 Å². The molecule has 154 valence electrons. The Hall–Kier alpha value is -2.43. The van der Waals surface area contributed by atoms with E-state index in [1.165, 1.54) is 12.1 Å². The summed E-state index contributed by atoms with van der Waals surface area (Å²) in [5.74, 6) is -2.89. The summed E-state index contributed by atoms with van der Waals surface area (Å²) in [6.45, 7) is -0.497. The molecule has 12 heteroatoms. The van der Waals surface area contributed by atoms with Gasteiger partial charge in [-0.1, -0.05) is 23.2 Å². The fourth-order valence-electron chi connectivity index (χ4n) is 1.95. The van der Waals surface area contributed by atoms with Gasteiger partial charge in [0.2, 0.25) is 0 Å². The largest absolute Gasteiger partial charge is 0.481 e. The van der Waals surface area contributed by atoms with E-state index in [4.69, 9.17) is 33.0 Å². The summed E-state index contributed by atoms with van der Waals surface area (Å²) in [4.78, 5) is 42.3. The third-order valence-electron chi connectivity index (χ3n) is 3.32. The van der Waals surface area contributed by atoms with Crippen LogP contribution in [0.25, 0.3) is 0 Å². The van der Waals surface area contributed by atoms with Crippen LogP contribution in [0.1, 0.15) is 28.8 Å². The maximum absolute atomic E-state index is 11.7. The summed E-state index contributed by atoms with van der Waals surface area (Å²) in [6.07, 6.45) is -2.24. The number of non-ortho nitro benzene ring substituents is 1. The first-order chi connectivity index (χ1) is 12.6. The summed E-state index contributed by atoms with van der Waals surface area (Å²) in [7, 11) is 0. The lowest BCUT2D eigenvalue weighted by molar-refractivity contribution is -0.384. The molecule has 1 unspecified atom stereocenters. The molecule has 1 aromatic carbocycles. The summed E-state index contributed by atoms with van der Waals surface area (Å²) < 4.78 is 4.87. The average molecular weight is 429 g/mol. The van der Waals surface area contributed by atoms with Crippen molar-refractivity contribution in [2.45, 2.75) is 29.8 Å². The first kappa shape index (κ1) is 22.6. The molecule has 0 aromatic heterocycles. The highest BCUT2D eigenvalue weighted by molar-refractivity contribution is 6.53. The van der Waals surface area contributed by atoms with E-state index in [0.29, 0.717) is 0 Å². The number of amides is 1. The number of halogens is 2. The molecule has 0 saturated heterocycles. The normalized spacial score (nSPS) is 12.9. The standard InChI is InChI=1S/C15H16Cl2N2O8.3H2/c16-14(17)15(24)18-10(7-27-12(22)6-5-11(20)21)13(23)8-1-3-9(4-2-8)19(25)26;;;/h1-4,10,13-14,23H,5-7H2,(H,18,24)(H,20,21);3*1H/t10?,13-;;;/m0.../s1. The summed E-state index contributed by atoms with van der Waals surface area (Å²) in [5.41, 5.74) is 0.00129. The molecule has 0 radical (unpaired) electrons. The number of aliphatic hydroxyl groups is 1. The number of esters is 1. The minimum absolute atomic E-state index is 0. The molecule has 0 aliphatic carbocycles. The van der Waals surface area contributed by atoms with E-state index in [1.807, 2.05) is 0 Å². The molecule has 1 aromatic rings. The van der Waals surface area contributed by atoms with Crippen molar-refractivity contribution in [3.63, 3.8) is 0 Å². The van der Waals surface area contributed by atoms with Crippen molar-refractivity contribution in [3.8, 4) is 0 Å². The molecule has 2 atom stereocenters. The van der Waals surface area contributed by atoms with Crippen LogP contribution in [0.3, 0.4) is 0 Å². The number of nitrogens with one attached hydrogen (secondary N) is 1. The zero-order valence-corrected chi connectivity index (χ0v) is 15.2. The highest BCUT2D eigenvalue weighted by atomic mass is 35.5. The lowest BCUT2D eigenvalue weighted by atomic mass is 10.0. The number of nitro benzene ring substituents is 1. The van der Waals surface area contributed by atoms with Gasteiger partial charge in [-0.15, -0.1) is 0 Å². The van der Waals surface area contributed by atoms with Crippen molar-refractivity contribution < 1.29 is 38.5 Å². The number of benzene rings is 1. The van der Waals surface area contributed by atoms with Gasteiger partial charge in [-0.2, -0.15) is 0 Å². The van der Waals surface area contributed by atoms with Crippen molar-refractivity contribution in [2.24, 2.45) is 0 Å². The van der Waals surface area contributed by atoms with Crippen molar-refractivity contribution in [2.75, 3.05) is 6.61 Å². The van der Waals surface area contributed by atoms with Gasteiger partial charge in [0.1, 0.15) is 12.7 Å². The van der Waals surface area contributed by atoms with Crippen LogP contribution >= 0.6 is 23.2 Å². The molecule has 0 fully saturated rings. The van der Waals surface area contributed by atoms with Gasteiger partial charge < -0.3 is 20.3 Å². The zero-order valence-electron chi connectivity index (χ0n) is 13.7. The number of ether oxygens (including phenoxy) is 1. The van der Waals surface area contributed by atoms with E-state index in [0.717, 1.165) is 12.1 Å². The fourth-order valence-corrected chi connectivity index (χ4v) is 2.07. The first-order valence-corrected chi connectivity index (χ1v) is 8.37. The average Bonchev–Trinajstić information content (AvgIpc) is 2.62. The van der Waals surface area contributed by atoms with Crippen molar-refractivity contribution >= 4 is 46.7 Å². The van der Waals surface area contributed by atoms with Crippen LogP contribution in [0.4, 0.5) is 5.69 Å². The quantitative estimate of drug-likeness (QED) is 0.221. The predicted octanol–water partition coefficient (Wildman–Crippen LogP) is 2.06. The van der Waals surface area contributed by atoms with Crippen LogP contribution in [0.15, 0.2) is 24.3 Å². The molecular formula is C15H22Cl2N2O8. The van der Waals surface area contributed by atoms with Crippen LogP contribution in [0, 0.1) is 10.1 Å². The fraction of sp³-hybridized carbons (Fsp3) is 0.400. The summed E-state index contributed by atoms with van der Waals surface area (Å²) in [6, 6.07) is 3.68. The van der Waals surface area contributed by atoms with Gasteiger partial charge in [0.15, 0.2) is 4.84 Å². The number of hydrogen-bond donors (Lipinski definition) is 3. The Morgan fingerprint density at radius 3 is 2.30 bits per heavy atom. The van der Waals surface area contributed by atoms with Gasteiger partial charge in [0.25, 0.3) is 11.6 Å². The number of aliphatic carboxylic acids is 1.